The summed E-state index contributed by atoms with van der Waals surface area (Å²) in [7, 11) is 2.92. The standard InChI is InChI=1S/C13H16O5/c1-6-5-8-7(2)11(16-3)12(17-4)10(14)9(8)13(15)18-6/h6,14H,5H2,1-4H3. The number of cyclic esters (lactones) is 1. The summed E-state index contributed by atoms with van der Waals surface area (Å²) in [6.07, 6.45) is 0.349. The van der Waals surface area contributed by atoms with Crippen LogP contribution in [-0.4, -0.2) is 31.4 Å². The highest BCUT2D eigenvalue weighted by Crippen LogP contribution is 2.46. The van der Waals surface area contributed by atoms with E-state index in [1.54, 1.807) is 0 Å². The quantitative estimate of drug-likeness (QED) is 0.813. The number of phenols is 1. The van der Waals surface area contributed by atoms with Gasteiger partial charge in [0.2, 0.25) is 5.75 Å². The first-order chi connectivity index (χ1) is 8.51. The number of ether oxygens (including phenoxy) is 3. The first-order valence-electron chi connectivity index (χ1n) is 5.68. The lowest BCUT2D eigenvalue weighted by atomic mass is 9.92. The number of fused-ring (bicyclic) bond motifs is 1. The third kappa shape index (κ3) is 1.66. The molecular formula is C13H16O5. The first-order valence-corrected chi connectivity index (χ1v) is 5.68. The Morgan fingerprint density at radius 1 is 1.28 bits per heavy atom. The fourth-order valence-corrected chi connectivity index (χ4v) is 2.34. The highest BCUT2D eigenvalue weighted by molar-refractivity contribution is 5.97. The number of carbonyl (C=O) groups is 1. The average molecular weight is 252 g/mol. The van der Waals surface area contributed by atoms with Crippen molar-refractivity contribution in [2.45, 2.75) is 26.4 Å². The van der Waals surface area contributed by atoms with Crippen LogP contribution >= 0.6 is 0 Å². The Bertz CT molecular complexity index is 507. The van der Waals surface area contributed by atoms with Crippen molar-refractivity contribution < 1.29 is 24.1 Å². The summed E-state index contributed by atoms with van der Waals surface area (Å²) >= 11 is 0. The molecule has 98 valence electrons. The molecule has 1 aromatic carbocycles. The molecule has 1 aliphatic rings. The van der Waals surface area contributed by atoms with Crippen LogP contribution in [0.2, 0.25) is 0 Å². The summed E-state index contributed by atoms with van der Waals surface area (Å²) in [6.45, 7) is 3.65. The maximum Gasteiger partial charge on any atom is 0.342 e. The molecule has 1 N–H and O–H groups in total. The number of hydrogen-bond donors (Lipinski definition) is 1. The molecule has 18 heavy (non-hydrogen) atoms. The summed E-state index contributed by atoms with van der Waals surface area (Å²) in [6, 6.07) is 0. The second-order valence-electron chi connectivity index (χ2n) is 4.31. The van der Waals surface area contributed by atoms with Crippen molar-refractivity contribution in [1.29, 1.82) is 0 Å². The number of carbonyl (C=O) groups excluding carboxylic acids is 1. The van der Waals surface area contributed by atoms with Gasteiger partial charge in [0.15, 0.2) is 11.5 Å². The van der Waals surface area contributed by atoms with Gasteiger partial charge in [-0.3, -0.25) is 0 Å². The number of hydrogen-bond acceptors (Lipinski definition) is 5. The predicted octanol–water partition coefficient (Wildman–Crippen LogP) is 1.82. The van der Waals surface area contributed by atoms with Crippen molar-refractivity contribution >= 4 is 5.97 Å². The minimum absolute atomic E-state index is 0.167. The van der Waals surface area contributed by atoms with Crippen LogP contribution in [0.5, 0.6) is 17.2 Å². The van der Waals surface area contributed by atoms with Crippen LogP contribution < -0.4 is 9.47 Å². The molecule has 1 atom stereocenters. The molecule has 2 rings (SSSR count). The zero-order valence-corrected chi connectivity index (χ0v) is 10.9. The van der Waals surface area contributed by atoms with Gasteiger partial charge in [0, 0.05) is 6.42 Å². The van der Waals surface area contributed by atoms with Gasteiger partial charge in [-0.15, -0.1) is 0 Å². The molecule has 1 aliphatic heterocycles. The Kier molecular flexibility index (Phi) is 3.07. The molecule has 0 saturated heterocycles. The van der Waals surface area contributed by atoms with Crippen LogP contribution in [-0.2, 0) is 11.2 Å². The van der Waals surface area contributed by atoms with Crippen LogP contribution in [0.15, 0.2) is 0 Å². The Labute approximate surface area is 105 Å². The van der Waals surface area contributed by atoms with Crippen LogP contribution in [0.1, 0.15) is 28.4 Å². The van der Waals surface area contributed by atoms with Crippen LogP contribution in [0, 0.1) is 6.92 Å². The van der Waals surface area contributed by atoms with Gasteiger partial charge < -0.3 is 19.3 Å². The summed E-state index contributed by atoms with van der Waals surface area (Å²) in [5.41, 5.74) is 1.74. The highest BCUT2D eigenvalue weighted by atomic mass is 16.5. The van der Waals surface area contributed by atoms with E-state index in [1.807, 2.05) is 13.8 Å². The largest absolute Gasteiger partial charge is 0.504 e. The van der Waals surface area contributed by atoms with E-state index in [1.165, 1.54) is 14.2 Å². The van der Waals surface area contributed by atoms with E-state index in [0.29, 0.717) is 12.2 Å². The second-order valence-corrected chi connectivity index (χ2v) is 4.31. The molecule has 1 aromatic rings. The number of methoxy groups -OCH3 is 2. The normalized spacial score (nSPS) is 18.0. The lowest BCUT2D eigenvalue weighted by Crippen LogP contribution is -2.26. The molecular weight excluding hydrogens is 236 g/mol. The third-order valence-electron chi connectivity index (χ3n) is 3.17. The third-order valence-corrected chi connectivity index (χ3v) is 3.17. The number of esters is 1. The molecule has 0 aromatic heterocycles. The van der Waals surface area contributed by atoms with Crippen molar-refractivity contribution in [2.75, 3.05) is 14.2 Å². The molecule has 0 radical (unpaired) electrons. The van der Waals surface area contributed by atoms with Crippen LogP contribution in [0.4, 0.5) is 0 Å². The summed E-state index contributed by atoms with van der Waals surface area (Å²) in [5.74, 6) is -0.118. The van der Waals surface area contributed by atoms with E-state index in [4.69, 9.17) is 14.2 Å². The Morgan fingerprint density at radius 2 is 1.89 bits per heavy atom. The number of benzene rings is 1. The van der Waals surface area contributed by atoms with E-state index < -0.39 is 5.97 Å². The van der Waals surface area contributed by atoms with Gasteiger partial charge in [0.1, 0.15) is 11.7 Å². The molecule has 5 heteroatoms. The maximum absolute atomic E-state index is 11.9. The predicted molar refractivity (Wildman–Crippen MR) is 64.5 cm³/mol. The smallest absolute Gasteiger partial charge is 0.342 e. The first kappa shape index (κ1) is 12.5. The highest BCUT2D eigenvalue weighted by Gasteiger charge is 2.33. The van der Waals surface area contributed by atoms with Crippen LogP contribution in [0.3, 0.4) is 0 Å². The van der Waals surface area contributed by atoms with Gasteiger partial charge >= 0.3 is 5.97 Å². The molecule has 0 fully saturated rings. The van der Waals surface area contributed by atoms with Crippen molar-refractivity contribution in [3.8, 4) is 17.2 Å². The minimum Gasteiger partial charge on any atom is -0.504 e. The Hall–Kier alpha value is -1.91. The van der Waals surface area contributed by atoms with Gasteiger partial charge in [0.05, 0.1) is 14.2 Å². The number of rotatable bonds is 2. The minimum atomic E-state index is -0.523. The van der Waals surface area contributed by atoms with E-state index in [2.05, 4.69) is 0 Å². The Morgan fingerprint density at radius 3 is 2.44 bits per heavy atom. The molecule has 0 amide bonds. The van der Waals surface area contributed by atoms with E-state index in [9.17, 15) is 9.90 Å². The molecule has 1 heterocycles. The van der Waals surface area contributed by atoms with Gasteiger partial charge in [0.25, 0.3) is 0 Å². The molecule has 0 saturated carbocycles. The molecule has 1 unspecified atom stereocenters. The van der Waals surface area contributed by atoms with Crippen molar-refractivity contribution in [3.63, 3.8) is 0 Å². The fourth-order valence-electron chi connectivity index (χ4n) is 2.34. The van der Waals surface area contributed by atoms with Crippen molar-refractivity contribution in [2.24, 2.45) is 0 Å². The van der Waals surface area contributed by atoms with Gasteiger partial charge in [-0.05, 0) is 25.0 Å². The van der Waals surface area contributed by atoms with E-state index in [0.717, 1.165) is 11.1 Å². The molecule has 0 bridgehead atoms. The summed E-state index contributed by atoms with van der Waals surface area (Å²) < 4.78 is 15.5. The Balaban J connectivity index is 2.76. The average Bonchev–Trinajstić information content (AvgIpc) is 2.32. The number of aromatic hydroxyl groups is 1. The number of phenolic OH excluding ortho intramolecular Hbond substituents is 1. The van der Waals surface area contributed by atoms with Gasteiger partial charge in [-0.25, -0.2) is 4.79 Å². The van der Waals surface area contributed by atoms with Crippen molar-refractivity contribution in [1.82, 2.24) is 0 Å². The lowest BCUT2D eigenvalue weighted by molar-refractivity contribution is 0.0295. The molecule has 0 aliphatic carbocycles. The van der Waals surface area contributed by atoms with Crippen molar-refractivity contribution in [3.05, 3.63) is 16.7 Å². The summed E-state index contributed by atoms with van der Waals surface area (Å²) in [4.78, 5) is 11.9. The molecule has 5 nitrogen and oxygen atoms in total. The zero-order chi connectivity index (χ0) is 13.4. The van der Waals surface area contributed by atoms with Crippen LogP contribution in [0.25, 0.3) is 0 Å². The van der Waals surface area contributed by atoms with Gasteiger partial charge in [-0.2, -0.15) is 0 Å². The second kappa shape index (κ2) is 4.40. The lowest BCUT2D eigenvalue weighted by Gasteiger charge is -2.26. The fraction of sp³-hybridized carbons (Fsp3) is 0.462. The van der Waals surface area contributed by atoms with E-state index >= 15 is 0 Å². The molecule has 0 spiro atoms. The topological polar surface area (TPSA) is 65.0 Å². The SMILES string of the molecule is COc1c(C)c2c(c(O)c1OC)C(=O)OC(C)C2. The van der Waals surface area contributed by atoms with E-state index in [-0.39, 0.29) is 23.2 Å². The zero-order valence-electron chi connectivity index (χ0n) is 10.9. The van der Waals surface area contributed by atoms with Gasteiger partial charge in [-0.1, -0.05) is 0 Å². The summed E-state index contributed by atoms with van der Waals surface area (Å²) in [5, 5.41) is 10.1. The monoisotopic (exact) mass is 252 g/mol. The maximum atomic E-state index is 11.9.